The lowest BCUT2D eigenvalue weighted by molar-refractivity contribution is -0.117. The Kier molecular flexibility index (Phi) is 2.63. The van der Waals surface area contributed by atoms with Gasteiger partial charge in [0.25, 0.3) is 0 Å². The number of carbonyl (C=O) groups is 1. The summed E-state index contributed by atoms with van der Waals surface area (Å²) in [6.45, 7) is 2.65. The van der Waals surface area contributed by atoms with Gasteiger partial charge in [0, 0.05) is 18.1 Å². The van der Waals surface area contributed by atoms with Crippen molar-refractivity contribution >= 4 is 40.8 Å². The van der Waals surface area contributed by atoms with Gasteiger partial charge in [-0.3, -0.25) is 4.79 Å². The van der Waals surface area contributed by atoms with E-state index in [-0.39, 0.29) is 17.2 Å². The summed E-state index contributed by atoms with van der Waals surface area (Å²) in [5.41, 5.74) is 1.41. The summed E-state index contributed by atoms with van der Waals surface area (Å²) < 4.78 is 0. The third kappa shape index (κ3) is 1.75. The number of rotatable bonds is 0. The number of carbonyl (C=O) groups excluding carboxylic acids is 1. The summed E-state index contributed by atoms with van der Waals surface area (Å²) in [7, 11) is 0. The fraction of sp³-hybridized carbons (Fsp3) is 0.500. The summed E-state index contributed by atoms with van der Waals surface area (Å²) in [4.78, 5) is 22.3. The number of thioether (sulfide) groups is 1. The van der Waals surface area contributed by atoms with Crippen molar-refractivity contribution in [2.45, 2.75) is 13.0 Å². The number of nitrogens with zero attached hydrogens (tertiary/aromatic N) is 3. The van der Waals surface area contributed by atoms with Gasteiger partial charge in [-0.2, -0.15) is 16.7 Å². The van der Waals surface area contributed by atoms with Crippen LogP contribution in [0.25, 0.3) is 0 Å². The number of halogens is 1. The van der Waals surface area contributed by atoms with E-state index in [9.17, 15) is 4.79 Å². The predicted molar refractivity (Wildman–Crippen MR) is 68.9 cm³/mol. The maximum absolute atomic E-state index is 12.0. The molecule has 7 heteroatoms. The van der Waals surface area contributed by atoms with Crippen molar-refractivity contribution in [3.63, 3.8) is 0 Å². The van der Waals surface area contributed by atoms with Gasteiger partial charge >= 0.3 is 0 Å². The zero-order chi connectivity index (χ0) is 12.0. The van der Waals surface area contributed by atoms with Crippen LogP contribution >= 0.6 is 23.4 Å². The minimum Gasteiger partial charge on any atom is -0.341 e. The SMILES string of the molecule is Cc1nc(Cl)nc2c1NC(=O)C1CSCCN21. The highest BCUT2D eigenvalue weighted by Crippen LogP contribution is 2.35. The van der Waals surface area contributed by atoms with Crippen LogP contribution < -0.4 is 10.2 Å². The molecule has 3 rings (SSSR count). The van der Waals surface area contributed by atoms with Gasteiger partial charge in [-0.05, 0) is 18.5 Å². The molecule has 1 amide bonds. The fourth-order valence-corrected chi connectivity index (χ4v) is 3.41. The van der Waals surface area contributed by atoms with E-state index in [0.717, 1.165) is 23.9 Å². The average Bonchev–Trinajstić information content (AvgIpc) is 2.31. The summed E-state index contributed by atoms with van der Waals surface area (Å²) in [6.07, 6.45) is 0. The van der Waals surface area contributed by atoms with E-state index < -0.39 is 0 Å². The average molecular weight is 271 g/mol. The van der Waals surface area contributed by atoms with Crippen LogP contribution in [0.5, 0.6) is 0 Å². The first-order valence-corrected chi connectivity index (χ1v) is 6.89. The van der Waals surface area contributed by atoms with Gasteiger partial charge in [0.2, 0.25) is 11.2 Å². The molecule has 1 atom stereocenters. The van der Waals surface area contributed by atoms with Gasteiger partial charge in [-0.25, -0.2) is 4.98 Å². The van der Waals surface area contributed by atoms with Crippen molar-refractivity contribution in [2.75, 3.05) is 28.3 Å². The van der Waals surface area contributed by atoms with Crippen LogP contribution in [0.15, 0.2) is 0 Å². The molecular weight excluding hydrogens is 260 g/mol. The minimum atomic E-state index is -0.133. The van der Waals surface area contributed by atoms with Crippen LogP contribution in [0.3, 0.4) is 0 Å². The van der Waals surface area contributed by atoms with E-state index in [1.54, 1.807) is 11.8 Å². The van der Waals surface area contributed by atoms with Crippen LogP contribution in [-0.4, -0.2) is 40.0 Å². The Hall–Kier alpha value is -1.01. The highest BCUT2D eigenvalue weighted by molar-refractivity contribution is 7.99. The number of anilines is 2. The van der Waals surface area contributed by atoms with Gasteiger partial charge in [0.1, 0.15) is 11.7 Å². The number of aryl methyl sites for hydroxylation is 1. The predicted octanol–water partition coefficient (Wildman–Crippen LogP) is 1.31. The zero-order valence-corrected chi connectivity index (χ0v) is 10.8. The molecule has 17 heavy (non-hydrogen) atoms. The van der Waals surface area contributed by atoms with Crippen molar-refractivity contribution in [3.05, 3.63) is 11.0 Å². The topological polar surface area (TPSA) is 58.1 Å². The number of amides is 1. The molecule has 90 valence electrons. The molecule has 0 bridgehead atoms. The smallest absolute Gasteiger partial charge is 0.248 e. The molecule has 0 spiro atoms. The third-order valence-corrected chi connectivity index (χ3v) is 4.19. The Morgan fingerprint density at radius 2 is 2.35 bits per heavy atom. The lowest BCUT2D eigenvalue weighted by atomic mass is 10.1. The van der Waals surface area contributed by atoms with Crippen LogP contribution in [-0.2, 0) is 4.79 Å². The van der Waals surface area contributed by atoms with Gasteiger partial charge in [-0.15, -0.1) is 0 Å². The van der Waals surface area contributed by atoms with Crippen LogP contribution in [0, 0.1) is 6.92 Å². The van der Waals surface area contributed by atoms with Crippen LogP contribution in [0.2, 0.25) is 5.28 Å². The largest absolute Gasteiger partial charge is 0.341 e. The Labute approximate surface area is 108 Å². The first-order chi connectivity index (χ1) is 8.16. The number of hydrogen-bond acceptors (Lipinski definition) is 5. The number of aromatic nitrogens is 2. The normalized spacial score (nSPS) is 22.8. The lowest BCUT2D eigenvalue weighted by Gasteiger charge is -2.39. The second-order valence-electron chi connectivity index (χ2n) is 4.05. The Balaban J connectivity index is 2.13. The molecule has 1 aromatic rings. The molecule has 3 heterocycles. The molecular formula is C10H11ClN4OS. The molecule has 2 aliphatic rings. The van der Waals surface area contributed by atoms with Gasteiger partial charge in [-0.1, -0.05) is 0 Å². The van der Waals surface area contributed by atoms with Crippen LogP contribution in [0.1, 0.15) is 5.69 Å². The minimum absolute atomic E-state index is 0.0266. The number of hydrogen-bond donors (Lipinski definition) is 1. The Morgan fingerprint density at radius 3 is 3.18 bits per heavy atom. The molecule has 1 saturated heterocycles. The molecule has 0 aromatic carbocycles. The highest BCUT2D eigenvalue weighted by Gasteiger charge is 2.37. The van der Waals surface area contributed by atoms with E-state index >= 15 is 0 Å². The maximum atomic E-state index is 12.0. The molecule has 0 radical (unpaired) electrons. The van der Waals surface area contributed by atoms with Crippen molar-refractivity contribution in [1.82, 2.24) is 9.97 Å². The number of fused-ring (bicyclic) bond motifs is 3. The maximum Gasteiger partial charge on any atom is 0.248 e. The van der Waals surface area contributed by atoms with Gasteiger partial charge in [0.15, 0.2) is 5.82 Å². The first-order valence-electron chi connectivity index (χ1n) is 5.36. The van der Waals surface area contributed by atoms with E-state index in [1.807, 2.05) is 11.8 Å². The summed E-state index contributed by atoms with van der Waals surface area (Å²) in [5.74, 6) is 2.58. The standard InChI is InChI=1S/C10H11ClN4OS/c1-5-7-8(14-10(11)12-5)15-2-3-17-4-6(15)9(16)13-7/h6H,2-4H2,1H3,(H,13,16). The van der Waals surface area contributed by atoms with Crippen molar-refractivity contribution in [3.8, 4) is 0 Å². The molecule has 1 aromatic heterocycles. The van der Waals surface area contributed by atoms with E-state index in [0.29, 0.717) is 11.4 Å². The fourth-order valence-electron chi connectivity index (χ4n) is 2.16. The van der Waals surface area contributed by atoms with E-state index in [2.05, 4.69) is 15.3 Å². The quantitative estimate of drug-likeness (QED) is 0.721. The molecule has 1 N–H and O–H groups in total. The van der Waals surface area contributed by atoms with Crippen molar-refractivity contribution in [1.29, 1.82) is 0 Å². The summed E-state index contributed by atoms with van der Waals surface area (Å²) in [6, 6.07) is -0.133. The van der Waals surface area contributed by atoms with E-state index in [4.69, 9.17) is 11.6 Å². The third-order valence-electron chi connectivity index (χ3n) is 2.99. The monoisotopic (exact) mass is 270 g/mol. The molecule has 5 nitrogen and oxygen atoms in total. The second-order valence-corrected chi connectivity index (χ2v) is 5.54. The van der Waals surface area contributed by atoms with E-state index in [1.165, 1.54) is 0 Å². The van der Waals surface area contributed by atoms with Crippen LogP contribution in [0.4, 0.5) is 11.5 Å². The molecule has 0 saturated carbocycles. The molecule has 0 aliphatic carbocycles. The Morgan fingerprint density at radius 1 is 1.53 bits per heavy atom. The summed E-state index contributed by atoms with van der Waals surface area (Å²) in [5, 5.41) is 3.11. The lowest BCUT2D eigenvalue weighted by Crippen LogP contribution is -2.53. The highest BCUT2D eigenvalue weighted by atomic mass is 35.5. The zero-order valence-electron chi connectivity index (χ0n) is 9.23. The molecule has 1 unspecified atom stereocenters. The summed E-state index contributed by atoms with van der Waals surface area (Å²) >= 11 is 7.67. The molecule has 2 aliphatic heterocycles. The van der Waals surface area contributed by atoms with Crippen molar-refractivity contribution in [2.24, 2.45) is 0 Å². The van der Waals surface area contributed by atoms with Crippen molar-refractivity contribution < 1.29 is 4.79 Å². The van der Waals surface area contributed by atoms with Gasteiger partial charge < -0.3 is 10.2 Å². The first kappa shape index (κ1) is 11.1. The molecule has 1 fully saturated rings. The second kappa shape index (κ2) is 4.03. The van der Waals surface area contributed by atoms with Gasteiger partial charge in [0.05, 0.1) is 5.69 Å². The Bertz CT molecular complexity index is 495. The number of nitrogens with one attached hydrogen (secondary N) is 1.